The van der Waals surface area contributed by atoms with Crippen molar-refractivity contribution in [3.63, 3.8) is 0 Å². The summed E-state index contributed by atoms with van der Waals surface area (Å²) in [4.78, 5) is 24.3. The van der Waals surface area contributed by atoms with E-state index in [-0.39, 0.29) is 42.7 Å². The van der Waals surface area contributed by atoms with Gasteiger partial charge < -0.3 is 16.4 Å². The predicted octanol–water partition coefficient (Wildman–Crippen LogP) is 1.35. The van der Waals surface area contributed by atoms with E-state index in [1.165, 1.54) is 0 Å². The molecule has 7 nitrogen and oxygen atoms in total. The van der Waals surface area contributed by atoms with Crippen molar-refractivity contribution in [3.8, 4) is 0 Å². The molecule has 1 aromatic carbocycles. The zero-order valence-corrected chi connectivity index (χ0v) is 15.0. The first-order valence-corrected chi connectivity index (χ1v) is 8.26. The van der Waals surface area contributed by atoms with Crippen molar-refractivity contribution in [2.75, 3.05) is 13.1 Å². The normalized spacial score (nSPS) is 15.9. The molecule has 136 valence electrons. The van der Waals surface area contributed by atoms with Gasteiger partial charge in [-0.25, -0.2) is 0 Å². The van der Waals surface area contributed by atoms with E-state index in [9.17, 15) is 9.59 Å². The van der Waals surface area contributed by atoms with E-state index in [0.29, 0.717) is 18.2 Å². The van der Waals surface area contributed by atoms with Gasteiger partial charge in [0.2, 0.25) is 5.91 Å². The lowest BCUT2D eigenvalue weighted by molar-refractivity contribution is -0.122. The number of hydrogen-bond acceptors (Lipinski definition) is 4. The molecule has 0 radical (unpaired) electrons. The fourth-order valence-electron chi connectivity index (χ4n) is 2.93. The van der Waals surface area contributed by atoms with Crippen LogP contribution in [-0.4, -0.2) is 40.6 Å². The van der Waals surface area contributed by atoms with E-state index in [1.54, 1.807) is 0 Å². The van der Waals surface area contributed by atoms with Crippen LogP contribution in [0.3, 0.4) is 0 Å². The van der Waals surface area contributed by atoms with E-state index in [4.69, 9.17) is 5.73 Å². The summed E-state index contributed by atoms with van der Waals surface area (Å²) in [5.74, 6) is 0.0857. The van der Waals surface area contributed by atoms with Gasteiger partial charge in [0.05, 0.1) is 11.1 Å². The van der Waals surface area contributed by atoms with Gasteiger partial charge in [0.15, 0.2) is 5.69 Å². The Hall–Kier alpha value is -2.12. The highest BCUT2D eigenvalue weighted by Crippen LogP contribution is 2.38. The smallest absolute Gasteiger partial charge is 0.272 e. The van der Waals surface area contributed by atoms with Crippen molar-refractivity contribution >= 4 is 35.1 Å². The van der Waals surface area contributed by atoms with Crippen LogP contribution in [-0.2, 0) is 4.79 Å². The minimum atomic E-state index is -0.334. The molecule has 1 saturated carbocycles. The molecule has 0 saturated heterocycles. The third kappa shape index (κ3) is 4.29. The standard InChI is InChI=1S/C17H23N5O2.ClH/c1-17(10-18,11-6-7-11)20-14(23)8-9-19-16(24)15-12-4-2-3-5-13(12)21-22-15;/h2-5,11H,6-10,18H2,1H3,(H,19,24)(H,20,23)(H,21,22);1H. The van der Waals surface area contributed by atoms with Crippen molar-refractivity contribution in [2.24, 2.45) is 11.7 Å². The van der Waals surface area contributed by atoms with Gasteiger partial charge in [0, 0.05) is 24.9 Å². The lowest BCUT2D eigenvalue weighted by Gasteiger charge is -2.29. The number of nitrogens with one attached hydrogen (secondary N) is 3. The van der Waals surface area contributed by atoms with E-state index in [0.717, 1.165) is 23.7 Å². The quantitative estimate of drug-likeness (QED) is 0.593. The van der Waals surface area contributed by atoms with Crippen LogP contribution in [0.5, 0.6) is 0 Å². The van der Waals surface area contributed by atoms with Gasteiger partial charge in [-0.1, -0.05) is 18.2 Å². The first-order valence-electron chi connectivity index (χ1n) is 8.26. The molecule has 2 amide bonds. The number of halogens is 1. The lowest BCUT2D eigenvalue weighted by Crippen LogP contribution is -2.53. The van der Waals surface area contributed by atoms with E-state index < -0.39 is 0 Å². The van der Waals surface area contributed by atoms with Gasteiger partial charge in [-0.3, -0.25) is 14.7 Å². The number of aromatic amines is 1. The topological polar surface area (TPSA) is 113 Å². The molecule has 0 bridgehead atoms. The van der Waals surface area contributed by atoms with Gasteiger partial charge >= 0.3 is 0 Å². The molecular weight excluding hydrogens is 342 g/mol. The average Bonchev–Trinajstić information content (AvgIpc) is 3.35. The second kappa shape index (κ2) is 7.84. The minimum Gasteiger partial charge on any atom is -0.350 e. The molecule has 1 aliphatic carbocycles. The molecule has 5 N–H and O–H groups in total. The van der Waals surface area contributed by atoms with Gasteiger partial charge in [0.25, 0.3) is 5.91 Å². The molecule has 1 heterocycles. The third-order valence-corrected chi connectivity index (χ3v) is 4.65. The van der Waals surface area contributed by atoms with Gasteiger partial charge in [-0.15, -0.1) is 12.4 Å². The first-order chi connectivity index (χ1) is 11.5. The zero-order chi connectivity index (χ0) is 17.2. The Morgan fingerprint density at radius 2 is 2.08 bits per heavy atom. The van der Waals surface area contributed by atoms with Crippen molar-refractivity contribution in [1.29, 1.82) is 0 Å². The Morgan fingerprint density at radius 3 is 2.76 bits per heavy atom. The SMILES string of the molecule is CC(CN)(NC(=O)CCNC(=O)c1n[nH]c2ccccc12)C1CC1.Cl. The maximum absolute atomic E-state index is 12.2. The Kier molecular flexibility index (Phi) is 6.02. The highest BCUT2D eigenvalue weighted by atomic mass is 35.5. The number of benzene rings is 1. The monoisotopic (exact) mass is 365 g/mol. The number of rotatable bonds is 7. The molecule has 3 rings (SSSR count). The largest absolute Gasteiger partial charge is 0.350 e. The maximum atomic E-state index is 12.2. The molecule has 2 aromatic rings. The average molecular weight is 366 g/mol. The fraction of sp³-hybridized carbons (Fsp3) is 0.471. The lowest BCUT2D eigenvalue weighted by atomic mass is 9.96. The Morgan fingerprint density at radius 1 is 1.36 bits per heavy atom. The van der Waals surface area contributed by atoms with Gasteiger partial charge in [0.1, 0.15) is 0 Å². The van der Waals surface area contributed by atoms with Crippen LogP contribution < -0.4 is 16.4 Å². The second-order valence-electron chi connectivity index (χ2n) is 6.57. The summed E-state index contributed by atoms with van der Waals surface area (Å²) in [6.45, 7) is 2.67. The number of aromatic nitrogens is 2. The molecular formula is C17H24ClN5O2. The molecule has 8 heteroatoms. The van der Waals surface area contributed by atoms with E-state index in [2.05, 4.69) is 20.8 Å². The number of H-pyrrole nitrogens is 1. The number of para-hydroxylation sites is 1. The number of amides is 2. The van der Waals surface area contributed by atoms with Crippen molar-refractivity contribution in [3.05, 3.63) is 30.0 Å². The van der Waals surface area contributed by atoms with Gasteiger partial charge in [-0.2, -0.15) is 5.10 Å². The van der Waals surface area contributed by atoms with Crippen molar-refractivity contribution in [1.82, 2.24) is 20.8 Å². The zero-order valence-electron chi connectivity index (χ0n) is 14.2. The van der Waals surface area contributed by atoms with Gasteiger partial charge in [-0.05, 0) is 31.7 Å². The van der Waals surface area contributed by atoms with Crippen LogP contribution in [0.2, 0.25) is 0 Å². The number of nitrogens with two attached hydrogens (primary N) is 1. The number of fused-ring (bicyclic) bond motifs is 1. The summed E-state index contributed by atoms with van der Waals surface area (Å²) in [7, 11) is 0. The summed E-state index contributed by atoms with van der Waals surface area (Å²) >= 11 is 0. The maximum Gasteiger partial charge on any atom is 0.272 e. The molecule has 1 aliphatic rings. The molecule has 0 aliphatic heterocycles. The predicted molar refractivity (Wildman–Crippen MR) is 98.6 cm³/mol. The molecule has 1 atom stereocenters. The summed E-state index contributed by atoms with van der Waals surface area (Å²) in [5, 5.41) is 13.4. The second-order valence-corrected chi connectivity index (χ2v) is 6.57. The van der Waals surface area contributed by atoms with E-state index >= 15 is 0 Å². The van der Waals surface area contributed by atoms with Crippen LogP contribution in [0.15, 0.2) is 24.3 Å². The molecule has 1 unspecified atom stereocenters. The summed E-state index contributed by atoms with van der Waals surface area (Å²) < 4.78 is 0. The highest BCUT2D eigenvalue weighted by molar-refractivity contribution is 6.04. The number of carbonyl (C=O) groups is 2. The Balaban J connectivity index is 0.00000225. The summed E-state index contributed by atoms with van der Waals surface area (Å²) in [6.07, 6.45) is 2.43. The first kappa shape index (κ1) is 19.2. The van der Waals surface area contributed by atoms with Crippen molar-refractivity contribution < 1.29 is 9.59 Å². The third-order valence-electron chi connectivity index (χ3n) is 4.65. The molecule has 1 fully saturated rings. The van der Waals surface area contributed by atoms with Crippen LogP contribution in [0.4, 0.5) is 0 Å². The summed E-state index contributed by atoms with van der Waals surface area (Å²) in [5.41, 5.74) is 6.61. The number of hydrogen-bond donors (Lipinski definition) is 4. The molecule has 0 spiro atoms. The number of carbonyl (C=O) groups excluding carboxylic acids is 2. The Labute approximate surface area is 152 Å². The van der Waals surface area contributed by atoms with Crippen LogP contribution >= 0.6 is 12.4 Å². The van der Waals surface area contributed by atoms with E-state index in [1.807, 2.05) is 31.2 Å². The van der Waals surface area contributed by atoms with Crippen LogP contribution in [0.25, 0.3) is 10.9 Å². The Bertz CT molecular complexity index is 758. The highest BCUT2D eigenvalue weighted by Gasteiger charge is 2.41. The summed E-state index contributed by atoms with van der Waals surface area (Å²) in [6, 6.07) is 7.43. The van der Waals surface area contributed by atoms with Crippen LogP contribution in [0.1, 0.15) is 36.7 Å². The fourth-order valence-corrected chi connectivity index (χ4v) is 2.93. The van der Waals surface area contributed by atoms with Crippen LogP contribution in [0, 0.1) is 5.92 Å². The molecule has 25 heavy (non-hydrogen) atoms. The van der Waals surface area contributed by atoms with Crippen molar-refractivity contribution in [2.45, 2.75) is 31.7 Å². The molecule has 1 aromatic heterocycles. The number of nitrogens with zero attached hydrogens (tertiary/aromatic N) is 1. The minimum absolute atomic E-state index is 0.